The minimum atomic E-state index is -4.46. The van der Waals surface area contributed by atoms with Gasteiger partial charge in [0.15, 0.2) is 5.75 Å². The number of hydrogen-bond donors (Lipinski definition) is 3. The quantitative estimate of drug-likeness (QED) is 0.450. The number of aromatic amines is 1. The summed E-state index contributed by atoms with van der Waals surface area (Å²) in [4.78, 5) is 22.8. The van der Waals surface area contributed by atoms with Gasteiger partial charge in [-0.3, -0.25) is 9.59 Å². The van der Waals surface area contributed by atoms with Crippen LogP contribution in [0.5, 0.6) is 5.75 Å². The van der Waals surface area contributed by atoms with E-state index in [4.69, 9.17) is 0 Å². The van der Waals surface area contributed by atoms with Gasteiger partial charge in [-0.2, -0.15) is 18.4 Å². The molecule has 0 aliphatic carbocycles. The van der Waals surface area contributed by atoms with Gasteiger partial charge in [0.25, 0.3) is 10.9 Å². The molecule has 0 fully saturated rings. The summed E-state index contributed by atoms with van der Waals surface area (Å²) in [7, 11) is 0. The zero-order valence-electron chi connectivity index (χ0n) is 14.3. The number of anilines is 2. The first-order valence-corrected chi connectivity index (χ1v) is 8.10. The summed E-state index contributed by atoms with van der Waals surface area (Å²) in [5, 5.41) is 25.7. The zero-order chi connectivity index (χ0) is 20.8. The van der Waals surface area contributed by atoms with Crippen LogP contribution in [0.2, 0.25) is 0 Å². The van der Waals surface area contributed by atoms with Gasteiger partial charge in [0.05, 0.1) is 5.56 Å². The van der Waals surface area contributed by atoms with Gasteiger partial charge < -0.3 is 10.4 Å². The summed E-state index contributed by atoms with van der Waals surface area (Å²) in [6.07, 6.45) is -4.46. The molecule has 3 N–H and O–H groups in total. The lowest BCUT2D eigenvalue weighted by Crippen LogP contribution is -2.32. The van der Waals surface area contributed by atoms with E-state index in [1.807, 2.05) is 0 Å². The number of hydrogen-bond acceptors (Lipinski definition) is 7. The monoisotopic (exact) mass is 401 g/mol. The first-order chi connectivity index (χ1) is 13.7. The minimum Gasteiger partial charge on any atom is -0.502 e. The molecular weight excluding hydrogens is 391 g/mol. The van der Waals surface area contributed by atoms with E-state index in [-0.39, 0.29) is 11.5 Å². The molecule has 0 saturated carbocycles. The third-order valence-corrected chi connectivity index (χ3v) is 4.24. The van der Waals surface area contributed by atoms with Crippen LogP contribution in [0.25, 0.3) is 22.5 Å². The molecule has 0 aliphatic heterocycles. The SMILES string of the molecule is O=c1c(O)c(Nc2cc(-c3ccc(C(F)(F)F)cc3)cc(-c3nn[nH]n3)c2)c1=O. The Morgan fingerprint density at radius 2 is 1.62 bits per heavy atom. The summed E-state index contributed by atoms with van der Waals surface area (Å²) in [6.45, 7) is 0. The van der Waals surface area contributed by atoms with E-state index >= 15 is 0 Å². The molecule has 0 saturated heterocycles. The summed E-state index contributed by atoms with van der Waals surface area (Å²) < 4.78 is 38.4. The van der Waals surface area contributed by atoms with Gasteiger partial charge in [-0.15, -0.1) is 10.2 Å². The van der Waals surface area contributed by atoms with E-state index in [1.165, 1.54) is 18.2 Å². The summed E-state index contributed by atoms with van der Waals surface area (Å²) >= 11 is 0. The molecule has 0 spiro atoms. The van der Waals surface area contributed by atoms with Crippen LogP contribution in [0, 0.1) is 0 Å². The Bertz CT molecular complexity index is 1260. The molecule has 0 amide bonds. The van der Waals surface area contributed by atoms with Gasteiger partial charge in [-0.1, -0.05) is 12.1 Å². The molecule has 3 aromatic carbocycles. The summed E-state index contributed by atoms with van der Waals surface area (Å²) in [6, 6.07) is 9.21. The third-order valence-electron chi connectivity index (χ3n) is 4.24. The highest BCUT2D eigenvalue weighted by Gasteiger charge is 2.30. The molecule has 0 aliphatic rings. The van der Waals surface area contributed by atoms with Crippen LogP contribution in [0.1, 0.15) is 5.56 Å². The lowest BCUT2D eigenvalue weighted by molar-refractivity contribution is -0.137. The molecule has 4 aromatic rings. The lowest BCUT2D eigenvalue weighted by atomic mass is 10.00. The predicted octanol–water partition coefficient (Wildman–Crippen LogP) is 2.60. The zero-order valence-corrected chi connectivity index (χ0v) is 14.3. The highest BCUT2D eigenvalue weighted by atomic mass is 19.4. The van der Waals surface area contributed by atoms with E-state index in [1.54, 1.807) is 12.1 Å². The number of aromatic hydroxyl groups is 1. The van der Waals surface area contributed by atoms with E-state index in [2.05, 4.69) is 25.9 Å². The number of H-pyrrole nitrogens is 1. The molecule has 1 aromatic heterocycles. The van der Waals surface area contributed by atoms with Crippen molar-refractivity contribution in [2.75, 3.05) is 5.32 Å². The average Bonchev–Trinajstić information content (AvgIpc) is 3.25. The molecule has 29 heavy (non-hydrogen) atoms. The average molecular weight is 401 g/mol. The number of rotatable bonds is 4. The minimum absolute atomic E-state index is 0.205. The standard InChI is InChI=1S/C18H10F3N5O3/c19-18(20,21)11-3-1-8(2-4-11)9-5-10(17-23-25-26-24-17)7-12(6-9)22-13-14(27)16(29)15(13)28/h1-7,22,27H,(H,23,24,25,26). The number of aromatic nitrogens is 4. The highest BCUT2D eigenvalue weighted by Crippen LogP contribution is 2.34. The number of alkyl halides is 3. The van der Waals surface area contributed by atoms with Crippen LogP contribution in [-0.4, -0.2) is 25.7 Å². The van der Waals surface area contributed by atoms with E-state index in [9.17, 15) is 27.9 Å². The Kier molecular flexibility index (Phi) is 4.14. The number of benzene rings is 2. The van der Waals surface area contributed by atoms with Crippen molar-refractivity contribution in [3.05, 3.63) is 68.5 Å². The van der Waals surface area contributed by atoms with Crippen molar-refractivity contribution in [3.63, 3.8) is 0 Å². The molecule has 146 valence electrons. The molecule has 11 heteroatoms. The van der Waals surface area contributed by atoms with Crippen LogP contribution in [0.15, 0.2) is 52.1 Å². The second kappa shape index (κ2) is 6.55. The van der Waals surface area contributed by atoms with Crippen LogP contribution in [-0.2, 0) is 6.18 Å². The van der Waals surface area contributed by atoms with E-state index in [0.717, 1.165) is 12.1 Å². The number of nitrogens with one attached hydrogen (secondary N) is 2. The second-order valence-corrected chi connectivity index (χ2v) is 6.12. The topological polar surface area (TPSA) is 121 Å². The third kappa shape index (κ3) is 3.33. The fourth-order valence-electron chi connectivity index (χ4n) is 2.77. The Morgan fingerprint density at radius 3 is 2.21 bits per heavy atom. The number of halogens is 3. The number of tetrazole rings is 1. The van der Waals surface area contributed by atoms with Crippen molar-refractivity contribution in [3.8, 4) is 28.3 Å². The molecular formula is C18H10F3N5O3. The van der Waals surface area contributed by atoms with Crippen LogP contribution in [0.4, 0.5) is 24.5 Å². The molecule has 0 unspecified atom stereocenters. The van der Waals surface area contributed by atoms with Crippen LogP contribution < -0.4 is 16.2 Å². The Morgan fingerprint density at radius 1 is 0.931 bits per heavy atom. The van der Waals surface area contributed by atoms with Gasteiger partial charge in [0, 0.05) is 11.3 Å². The lowest BCUT2D eigenvalue weighted by Gasteiger charge is -2.13. The summed E-state index contributed by atoms with van der Waals surface area (Å²) in [5.74, 6) is -0.480. The molecule has 0 bridgehead atoms. The van der Waals surface area contributed by atoms with Crippen molar-refractivity contribution in [1.29, 1.82) is 0 Å². The Labute approximate surface area is 159 Å². The van der Waals surface area contributed by atoms with Gasteiger partial charge in [0.2, 0.25) is 5.82 Å². The number of nitrogens with zero attached hydrogens (tertiary/aromatic N) is 3. The fraction of sp³-hybridized carbons (Fsp3) is 0.0556. The van der Waals surface area contributed by atoms with Gasteiger partial charge >= 0.3 is 6.18 Å². The summed E-state index contributed by atoms with van der Waals surface area (Å²) in [5.41, 5.74) is -1.24. The predicted molar refractivity (Wildman–Crippen MR) is 96.4 cm³/mol. The first kappa shape index (κ1) is 18.3. The van der Waals surface area contributed by atoms with Crippen LogP contribution in [0.3, 0.4) is 0 Å². The maximum absolute atomic E-state index is 12.8. The Hall–Kier alpha value is -4.02. The van der Waals surface area contributed by atoms with Crippen molar-refractivity contribution in [1.82, 2.24) is 20.6 Å². The molecule has 4 rings (SSSR count). The highest BCUT2D eigenvalue weighted by molar-refractivity contribution is 5.79. The maximum atomic E-state index is 12.8. The second-order valence-electron chi connectivity index (χ2n) is 6.12. The maximum Gasteiger partial charge on any atom is 0.416 e. The molecule has 1 heterocycles. The smallest absolute Gasteiger partial charge is 0.416 e. The van der Waals surface area contributed by atoms with Crippen molar-refractivity contribution in [2.45, 2.75) is 6.18 Å². The molecule has 0 atom stereocenters. The van der Waals surface area contributed by atoms with Crippen molar-refractivity contribution < 1.29 is 18.3 Å². The molecule has 0 radical (unpaired) electrons. The fourth-order valence-corrected chi connectivity index (χ4v) is 2.77. The van der Waals surface area contributed by atoms with Gasteiger partial charge in [-0.05, 0) is 46.7 Å². The van der Waals surface area contributed by atoms with Gasteiger partial charge in [0.1, 0.15) is 5.69 Å². The normalized spacial score (nSPS) is 11.7. The van der Waals surface area contributed by atoms with E-state index < -0.39 is 28.3 Å². The van der Waals surface area contributed by atoms with Gasteiger partial charge in [-0.25, -0.2) is 0 Å². The van der Waals surface area contributed by atoms with Crippen molar-refractivity contribution in [2.24, 2.45) is 0 Å². The largest absolute Gasteiger partial charge is 0.502 e. The Balaban J connectivity index is 1.78. The van der Waals surface area contributed by atoms with Crippen molar-refractivity contribution >= 4 is 11.4 Å². The van der Waals surface area contributed by atoms with E-state index in [0.29, 0.717) is 22.4 Å². The van der Waals surface area contributed by atoms with Crippen LogP contribution >= 0.6 is 0 Å². The molecule has 8 nitrogen and oxygen atoms in total. The first-order valence-electron chi connectivity index (χ1n) is 8.10.